The number of ether oxygens (including phenoxy) is 2. The average Bonchev–Trinajstić information content (AvgIpc) is 3.43. The van der Waals surface area contributed by atoms with Crippen LogP contribution in [-0.4, -0.2) is 39.0 Å². The fraction of sp³-hybridized carbons (Fsp3) is 0.417. The van der Waals surface area contributed by atoms with Crippen molar-refractivity contribution in [2.24, 2.45) is 0 Å². The van der Waals surface area contributed by atoms with E-state index < -0.39 is 5.97 Å². The Hall–Kier alpha value is -2.56. The van der Waals surface area contributed by atoms with Crippen LogP contribution in [0.3, 0.4) is 0 Å². The van der Waals surface area contributed by atoms with Crippen LogP contribution in [-0.2, 0) is 29.1 Å². The molecule has 2 aromatic heterocycles. The van der Waals surface area contributed by atoms with Gasteiger partial charge in [-0.05, 0) is 63.4 Å². The van der Waals surface area contributed by atoms with Crippen LogP contribution in [0.1, 0.15) is 53.0 Å². The SMILES string of the molecule is CCOC(=O)c1cc(CC)sc1NC(=O)CSc1nnc(COc2cc(C)c(Cl)c(C)c2)n1CC. The van der Waals surface area contributed by atoms with E-state index in [1.54, 1.807) is 13.0 Å². The van der Waals surface area contributed by atoms with E-state index >= 15 is 0 Å². The molecular formula is C24H29ClN4O4S2. The van der Waals surface area contributed by atoms with E-state index in [4.69, 9.17) is 21.1 Å². The molecule has 0 unspecified atom stereocenters. The normalized spacial score (nSPS) is 10.9. The van der Waals surface area contributed by atoms with E-state index in [1.807, 2.05) is 44.4 Å². The molecule has 0 atom stereocenters. The number of anilines is 1. The van der Waals surface area contributed by atoms with Crippen molar-refractivity contribution in [2.45, 2.75) is 59.3 Å². The Morgan fingerprint density at radius 2 is 1.86 bits per heavy atom. The molecule has 1 amide bonds. The molecule has 3 rings (SSSR count). The lowest BCUT2D eigenvalue weighted by Gasteiger charge is -2.11. The number of halogens is 1. The lowest BCUT2D eigenvalue weighted by atomic mass is 10.1. The number of aryl methyl sites for hydroxylation is 3. The van der Waals surface area contributed by atoms with Crippen LogP contribution in [0.25, 0.3) is 0 Å². The van der Waals surface area contributed by atoms with Crippen molar-refractivity contribution in [3.05, 3.63) is 50.6 Å². The Balaban J connectivity index is 1.63. The summed E-state index contributed by atoms with van der Waals surface area (Å²) < 4.78 is 13.0. The number of rotatable bonds is 11. The minimum absolute atomic E-state index is 0.121. The predicted molar refractivity (Wildman–Crippen MR) is 140 cm³/mol. The van der Waals surface area contributed by atoms with E-state index in [-0.39, 0.29) is 24.9 Å². The molecule has 11 heteroatoms. The highest BCUT2D eigenvalue weighted by Crippen LogP contribution is 2.30. The summed E-state index contributed by atoms with van der Waals surface area (Å²) in [6.07, 6.45) is 0.765. The summed E-state index contributed by atoms with van der Waals surface area (Å²) >= 11 is 8.90. The molecule has 0 aliphatic carbocycles. The van der Waals surface area contributed by atoms with Crippen molar-refractivity contribution in [3.63, 3.8) is 0 Å². The van der Waals surface area contributed by atoms with E-state index in [0.29, 0.717) is 33.8 Å². The van der Waals surface area contributed by atoms with Crippen LogP contribution in [0.5, 0.6) is 5.75 Å². The molecule has 0 bridgehead atoms. The Morgan fingerprint density at radius 1 is 1.14 bits per heavy atom. The Bertz CT molecular complexity index is 1190. The number of carbonyl (C=O) groups excluding carboxylic acids is 2. The molecule has 0 fully saturated rings. The zero-order valence-electron chi connectivity index (χ0n) is 20.4. The molecule has 2 heterocycles. The van der Waals surface area contributed by atoms with Crippen molar-refractivity contribution in [1.82, 2.24) is 14.8 Å². The molecule has 0 aliphatic heterocycles. The Morgan fingerprint density at radius 3 is 2.49 bits per heavy atom. The summed E-state index contributed by atoms with van der Waals surface area (Å²) in [6, 6.07) is 5.55. The quantitative estimate of drug-likeness (QED) is 0.249. The molecule has 0 aliphatic rings. The second-order valence-corrected chi connectivity index (χ2v) is 10.1. The largest absolute Gasteiger partial charge is 0.486 e. The first-order valence-corrected chi connectivity index (χ1v) is 13.5. The van der Waals surface area contributed by atoms with E-state index in [2.05, 4.69) is 15.5 Å². The first-order valence-electron chi connectivity index (χ1n) is 11.3. The summed E-state index contributed by atoms with van der Waals surface area (Å²) in [5.41, 5.74) is 2.28. The minimum Gasteiger partial charge on any atom is -0.486 e. The highest BCUT2D eigenvalue weighted by Gasteiger charge is 2.20. The van der Waals surface area contributed by atoms with Crippen LogP contribution in [0.15, 0.2) is 23.4 Å². The average molecular weight is 537 g/mol. The van der Waals surface area contributed by atoms with Crippen molar-refractivity contribution in [1.29, 1.82) is 0 Å². The number of amides is 1. The van der Waals surface area contributed by atoms with Crippen molar-refractivity contribution in [3.8, 4) is 5.75 Å². The number of nitrogens with zero attached hydrogens (tertiary/aromatic N) is 3. The summed E-state index contributed by atoms with van der Waals surface area (Å²) in [7, 11) is 0. The first kappa shape index (κ1) is 27.0. The third-order valence-electron chi connectivity index (χ3n) is 5.10. The summed E-state index contributed by atoms with van der Waals surface area (Å²) in [6.45, 7) is 10.7. The number of benzene rings is 1. The zero-order valence-corrected chi connectivity index (χ0v) is 22.8. The van der Waals surface area contributed by atoms with Gasteiger partial charge in [-0.15, -0.1) is 21.5 Å². The van der Waals surface area contributed by atoms with Gasteiger partial charge in [0.05, 0.1) is 17.9 Å². The number of nitrogens with one attached hydrogen (secondary N) is 1. The molecule has 3 aromatic rings. The van der Waals surface area contributed by atoms with Crippen molar-refractivity contribution < 1.29 is 19.1 Å². The van der Waals surface area contributed by atoms with E-state index in [1.165, 1.54) is 23.1 Å². The maximum absolute atomic E-state index is 12.7. The topological polar surface area (TPSA) is 95.3 Å². The number of hydrogen-bond donors (Lipinski definition) is 1. The van der Waals surface area contributed by atoms with Crippen LogP contribution in [0.2, 0.25) is 5.02 Å². The summed E-state index contributed by atoms with van der Waals surface area (Å²) in [4.78, 5) is 25.9. The molecule has 188 valence electrons. The van der Waals surface area contributed by atoms with Crippen molar-refractivity contribution in [2.75, 3.05) is 17.7 Å². The van der Waals surface area contributed by atoms with Crippen LogP contribution in [0, 0.1) is 13.8 Å². The maximum atomic E-state index is 12.7. The van der Waals surface area contributed by atoms with E-state index in [0.717, 1.165) is 27.4 Å². The second kappa shape index (κ2) is 12.4. The number of aromatic nitrogens is 3. The molecule has 1 aromatic carbocycles. The molecule has 8 nitrogen and oxygen atoms in total. The predicted octanol–water partition coefficient (Wildman–Crippen LogP) is 5.68. The molecule has 0 saturated carbocycles. The number of carbonyl (C=O) groups is 2. The van der Waals surface area contributed by atoms with Crippen LogP contribution < -0.4 is 10.1 Å². The van der Waals surface area contributed by atoms with Gasteiger partial charge in [0.1, 0.15) is 17.4 Å². The van der Waals surface area contributed by atoms with Gasteiger partial charge in [-0.3, -0.25) is 4.79 Å². The standard InChI is InChI=1S/C24H29ClN4O4S2/c1-6-17-11-18(23(31)32-8-3)22(35-17)26-20(30)13-34-24-28-27-19(29(24)7-2)12-33-16-9-14(4)21(25)15(5)10-16/h9-11H,6-8,12-13H2,1-5H3,(H,26,30). The molecule has 0 saturated heterocycles. The Labute approximate surface area is 218 Å². The summed E-state index contributed by atoms with van der Waals surface area (Å²) in [5, 5.41) is 13.2. The maximum Gasteiger partial charge on any atom is 0.341 e. The molecule has 0 spiro atoms. The zero-order chi connectivity index (χ0) is 25.5. The van der Waals surface area contributed by atoms with E-state index in [9.17, 15) is 9.59 Å². The van der Waals surface area contributed by atoms with Gasteiger partial charge >= 0.3 is 5.97 Å². The monoisotopic (exact) mass is 536 g/mol. The van der Waals surface area contributed by atoms with Crippen LogP contribution >= 0.6 is 34.7 Å². The Kier molecular flexibility index (Phi) is 9.59. The highest BCUT2D eigenvalue weighted by molar-refractivity contribution is 7.99. The van der Waals surface area contributed by atoms with Gasteiger partial charge in [0, 0.05) is 16.4 Å². The third kappa shape index (κ3) is 6.77. The van der Waals surface area contributed by atoms with Gasteiger partial charge in [-0.1, -0.05) is 30.3 Å². The lowest BCUT2D eigenvalue weighted by Crippen LogP contribution is -2.16. The smallest absolute Gasteiger partial charge is 0.341 e. The fourth-order valence-electron chi connectivity index (χ4n) is 3.35. The fourth-order valence-corrected chi connectivity index (χ4v) is 5.28. The highest BCUT2D eigenvalue weighted by atomic mass is 35.5. The van der Waals surface area contributed by atoms with Gasteiger partial charge < -0.3 is 19.4 Å². The number of esters is 1. The first-order chi connectivity index (χ1) is 16.8. The molecule has 35 heavy (non-hydrogen) atoms. The number of thioether (sulfide) groups is 1. The minimum atomic E-state index is -0.437. The number of hydrogen-bond acceptors (Lipinski definition) is 8. The van der Waals surface area contributed by atoms with Gasteiger partial charge in [-0.25, -0.2) is 4.79 Å². The van der Waals surface area contributed by atoms with Gasteiger partial charge in [0.2, 0.25) is 5.91 Å². The van der Waals surface area contributed by atoms with Gasteiger partial charge in [-0.2, -0.15) is 0 Å². The number of thiophene rings is 1. The van der Waals surface area contributed by atoms with Crippen LogP contribution in [0.4, 0.5) is 5.00 Å². The summed E-state index contributed by atoms with van der Waals surface area (Å²) in [5.74, 6) is 0.823. The third-order valence-corrected chi connectivity index (χ3v) is 7.86. The van der Waals surface area contributed by atoms with Gasteiger partial charge in [0.15, 0.2) is 11.0 Å². The molecule has 0 radical (unpaired) electrons. The molecular weight excluding hydrogens is 508 g/mol. The lowest BCUT2D eigenvalue weighted by molar-refractivity contribution is -0.113. The molecule has 1 N–H and O–H groups in total. The second-order valence-electron chi connectivity index (χ2n) is 7.67. The van der Waals surface area contributed by atoms with Crippen molar-refractivity contribution >= 4 is 51.6 Å². The van der Waals surface area contributed by atoms with Gasteiger partial charge in [0.25, 0.3) is 0 Å².